The first-order chi connectivity index (χ1) is 14.3. The summed E-state index contributed by atoms with van der Waals surface area (Å²) < 4.78 is 40.1. The van der Waals surface area contributed by atoms with Crippen LogP contribution >= 0.6 is 0 Å². The van der Waals surface area contributed by atoms with Crippen LogP contribution in [0.1, 0.15) is 21.7 Å². The summed E-state index contributed by atoms with van der Waals surface area (Å²) in [5, 5.41) is 12.3. The van der Waals surface area contributed by atoms with Gasteiger partial charge in [0.25, 0.3) is 0 Å². The minimum Gasteiger partial charge on any atom is -0.674 e. The highest BCUT2D eigenvalue weighted by atomic mass is 19.4. The van der Waals surface area contributed by atoms with Crippen molar-refractivity contribution in [3.05, 3.63) is 89.7 Å². The quantitative estimate of drug-likeness (QED) is 0.521. The van der Waals surface area contributed by atoms with Gasteiger partial charge in [0.05, 0.1) is 5.69 Å². The molecule has 0 saturated heterocycles. The molecular weight excluding hydrogens is 399 g/mol. The standard InChI is InChI=1S/C14H8F3N3O2.C6H7N2/c15-14(16,17)11-6-9(8-4-2-1-3-5-8)18-12-7-10(13(21)22)19-20(11)12;7-4-6-2-1-3-8-5-6/h1-7H,(H,21,22);1-3,5,7H,4H2/q;-1. The van der Waals surface area contributed by atoms with Crippen LogP contribution in [0.3, 0.4) is 0 Å². The van der Waals surface area contributed by atoms with Gasteiger partial charge in [0.2, 0.25) is 0 Å². The van der Waals surface area contributed by atoms with Gasteiger partial charge >= 0.3 is 12.1 Å². The summed E-state index contributed by atoms with van der Waals surface area (Å²) in [4.78, 5) is 18.8. The molecule has 3 heterocycles. The third-order valence-electron chi connectivity index (χ3n) is 3.93. The van der Waals surface area contributed by atoms with Crippen molar-refractivity contribution in [2.24, 2.45) is 0 Å². The number of carbonyl (C=O) groups is 1. The Morgan fingerprint density at radius 3 is 2.37 bits per heavy atom. The molecule has 1 aromatic carbocycles. The summed E-state index contributed by atoms with van der Waals surface area (Å²) in [5.41, 5.74) is 6.71. The summed E-state index contributed by atoms with van der Waals surface area (Å²) in [6.07, 6.45) is -1.28. The van der Waals surface area contributed by atoms with Crippen molar-refractivity contribution in [3.8, 4) is 11.3 Å². The Morgan fingerprint density at radius 1 is 1.10 bits per heavy atom. The van der Waals surface area contributed by atoms with E-state index in [9.17, 15) is 18.0 Å². The molecule has 4 aromatic rings. The van der Waals surface area contributed by atoms with Gasteiger partial charge in [0.1, 0.15) is 0 Å². The minimum absolute atomic E-state index is 0.0947. The molecule has 0 radical (unpaired) electrons. The maximum Gasteiger partial charge on any atom is 0.433 e. The Morgan fingerprint density at radius 2 is 1.83 bits per heavy atom. The molecule has 2 N–H and O–H groups in total. The summed E-state index contributed by atoms with van der Waals surface area (Å²) in [7, 11) is 0. The molecule has 0 atom stereocenters. The van der Waals surface area contributed by atoms with Gasteiger partial charge in [0, 0.05) is 24.0 Å². The summed E-state index contributed by atoms with van der Waals surface area (Å²) >= 11 is 0. The topological polar surface area (TPSA) is 104 Å². The first kappa shape index (κ1) is 20.9. The van der Waals surface area contributed by atoms with Gasteiger partial charge in [-0.1, -0.05) is 42.0 Å². The van der Waals surface area contributed by atoms with Crippen molar-refractivity contribution in [1.82, 2.24) is 19.6 Å². The first-order valence-electron chi connectivity index (χ1n) is 8.60. The van der Waals surface area contributed by atoms with Crippen molar-refractivity contribution >= 4 is 11.6 Å². The van der Waals surface area contributed by atoms with E-state index in [2.05, 4.69) is 15.1 Å². The molecule has 10 heteroatoms. The third-order valence-corrected chi connectivity index (χ3v) is 3.93. The second kappa shape index (κ2) is 8.70. The van der Waals surface area contributed by atoms with Gasteiger partial charge in [-0.25, -0.2) is 14.3 Å². The number of nitrogens with one attached hydrogen (secondary N) is 1. The predicted molar refractivity (Wildman–Crippen MR) is 103 cm³/mol. The van der Waals surface area contributed by atoms with E-state index >= 15 is 0 Å². The molecule has 0 aliphatic rings. The molecule has 0 unspecified atom stereocenters. The number of pyridine rings is 1. The fourth-order valence-electron chi connectivity index (χ4n) is 2.54. The lowest BCUT2D eigenvalue weighted by atomic mass is 10.1. The van der Waals surface area contributed by atoms with Crippen LogP contribution in [0.15, 0.2) is 67.0 Å². The van der Waals surface area contributed by atoms with Crippen LogP contribution in [-0.2, 0) is 12.7 Å². The monoisotopic (exact) mass is 414 g/mol. The zero-order valence-corrected chi connectivity index (χ0v) is 15.3. The molecule has 0 aliphatic heterocycles. The molecule has 0 amide bonds. The Bertz CT molecular complexity index is 1150. The Balaban J connectivity index is 0.000000269. The van der Waals surface area contributed by atoms with Gasteiger partial charge < -0.3 is 10.8 Å². The van der Waals surface area contributed by atoms with E-state index in [1.807, 2.05) is 12.1 Å². The van der Waals surface area contributed by atoms with E-state index in [1.165, 1.54) is 0 Å². The molecule has 0 aliphatic carbocycles. The largest absolute Gasteiger partial charge is 0.674 e. The second-order valence-corrected chi connectivity index (χ2v) is 6.03. The number of hydrogen-bond donors (Lipinski definition) is 1. The Hall–Kier alpha value is -3.79. The first-order valence-corrected chi connectivity index (χ1v) is 8.60. The molecule has 0 spiro atoms. The molecule has 154 valence electrons. The molecule has 30 heavy (non-hydrogen) atoms. The lowest BCUT2D eigenvalue weighted by Crippen LogP contribution is -2.14. The fourth-order valence-corrected chi connectivity index (χ4v) is 2.54. The molecule has 0 fully saturated rings. The van der Waals surface area contributed by atoms with Crippen molar-refractivity contribution in [3.63, 3.8) is 0 Å². The Kier molecular flexibility index (Phi) is 6.07. The maximum atomic E-state index is 13.2. The van der Waals surface area contributed by atoms with E-state index in [-0.39, 0.29) is 11.3 Å². The highest BCUT2D eigenvalue weighted by Crippen LogP contribution is 2.32. The zero-order chi connectivity index (χ0) is 21.7. The molecular formula is C20H15F3N5O2-. The summed E-state index contributed by atoms with van der Waals surface area (Å²) in [6, 6.07) is 13.9. The average molecular weight is 414 g/mol. The SMILES string of the molecule is O=C(O)c1cc2nc(-c3ccccc3)cc(C(F)(F)F)n2n1.[NH-]Cc1cccnc1. The van der Waals surface area contributed by atoms with Gasteiger partial charge in [-0.3, -0.25) is 4.98 Å². The van der Waals surface area contributed by atoms with Crippen molar-refractivity contribution < 1.29 is 23.1 Å². The lowest BCUT2D eigenvalue weighted by molar-refractivity contribution is -0.142. The smallest absolute Gasteiger partial charge is 0.433 e. The van der Waals surface area contributed by atoms with Crippen molar-refractivity contribution in [1.29, 1.82) is 0 Å². The maximum absolute atomic E-state index is 13.2. The molecule has 0 bridgehead atoms. The van der Waals surface area contributed by atoms with Gasteiger partial charge in [-0.15, -0.1) is 6.54 Å². The zero-order valence-electron chi connectivity index (χ0n) is 15.3. The normalized spacial score (nSPS) is 11.1. The molecule has 7 nitrogen and oxygen atoms in total. The number of aromatic nitrogens is 4. The third kappa shape index (κ3) is 4.78. The number of alkyl halides is 3. The van der Waals surface area contributed by atoms with Crippen LogP contribution in [0.5, 0.6) is 0 Å². The van der Waals surface area contributed by atoms with E-state index in [4.69, 9.17) is 10.8 Å². The van der Waals surface area contributed by atoms with E-state index in [1.54, 1.807) is 42.7 Å². The number of benzene rings is 1. The van der Waals surface area contributed by atoms with Gasteiger partial charge in [-0.2, -0.15) is 18.3 Å². The number of halogens is 3. The van der Waals surface area contributed by atoms with Crippen LogP contribution < -0.4 is 0 Å². The van der Waals surface area contributed by atoms with Crippen molar-refractivity contribution in [2.45, 2.75) is 12.7 Å². The van der Waals surface area contributed by atoms with E-state index in [0.717, 1.165) is 17.7 Å². The number of carboxylic acids is 1. The highest BCUT2D eigenvalue weighted by molar-refractivity contribution is 5.86. The summed E-state index contributed by atoms with van der Waals surface area (Å²) in [6.45, 7) is 0.327. The molecule has 3 aromatic heterocycles. The lowest BCUT2D eigenvalue weighted by Gasteiger charge is -2.10. The number of carboxylic acid groups (broad SMARTS) is 1. The number of nitrogens with zero attached hydrogens (tertiary/aromatic N) is 4. The van der Waals surface area contributed by atoms with Gasteiger partial charge in [0.15, 0.2) is 17.0 Å². The second-order valence-electron chi connectivity index (χ2n) is 6.03. The van der Waals surface area contributed by atoms with Crippen LogP contribution in [0.2, 0.25) is 0 Å². The van der Waals surface area contributed by atoms with E-state index < -0.39 is 23.5 Å². The number of rotatable bonds is 3. The highest BCUT2D eigenvalue weighted by Gasteiger charge is 2.35. The van der Waals surface area contributed by atoms with Gasteiger partial charge in [-0.05, 0) is 12.1 Å². The predicted octanol–water partition coefficient (Wildman–Crippen LogP) is 4.75. The van der Waals surface area contributed by atoms with Crippen LogP contribution in [0, 0.1) is 0 Å². The van der Waals surface area contributed by atoms with Crippen LogP contribution in [0.4, 0.5) is 13.2 Å². The Labute approximate surface area is 168 Å². The number of hydrogen-bond acceptors (Lipinski definition) is 4. The average Bonchev–Trinajstić information content (AvgIpc) is 3.18. The van der Waals surface area contributed by atoms with Crippen molar-refractivity contribution in [2.75, 3.05) is 0 Å². The summed E-state index contributed by atoms with van der Waals surface area (Å²) in [5.74, 6) is -1.42. The van der Waals surface area contributed by atoms with Crippen LogP contribution in [-0.4, -0.2) is 30.7 Å². The van der Waals surface area contributed by atoms with Crippen LogP contribution in [0.25, 0.3) is 22.6 Å². The number of aromatic carboxylic acids is 1. The number of fused-ring (bicyclic) bond motifs is 1. The molecule has 0 saturated carbocycles. The minimum atomic E-state index is -4.69. The van der Waals surface area contributed by atoms with E-state index in [0.29, 0.717) is 16.6 Å². The fraction of sp³-hybridized carbons (Fsp3) is 0.100. The molecule has 4 rings (SSSR count).